The smallest absolute Gasteiger partial charge is 0.129 e. The summed E-state index contributed by atoms with van der Waals surface area (Å²) in [7, 11) is 1.71. The van der Waals surface area contributed by atoms with E-state index in [0.29, 0.717) is 0 Å². The fourth-order valence-electron chi connectivity index (χ4n) is 2.57. The van der Waals surface area contributed by atoms with Crippen LogP contribution in [0.4, 0.5) is 0 Å². The minimum Gasteiger partial charge on any atom is -0.496 e. The van der Waals surface area contributed by atoms with Gasteiger partial charge in [0.2, 0.25) is 0 Å². The van der Waals surface area contributed by atoms with Gasteiger partial charge in [-0.15, -0.1) is 11.6 Å². The molecule has 2 aromatic rings. The number of fused-ring (bicyclic) bond motifs is 1. The zero-order valence-electron chi connectivity index (χ0n) is 12.8. The summed E-state index contributed by atoms with van der Waals surface area (Å²) in [6.07, 6.45) is 4.50. The van der Waals surface area contributed by atoms with E-state index in [1.807, 2.05) is 12.1 Å². The lowest BCUT2D eigenvalue weighted by Crippen LogP contribution is -1.99. The van der Waals surface area contributed by atoms with Crippen LogP contribution >= 0.6 is 11.6 Å². The van der Waals surface area contributed by atoms with Crippen LogP contribution in [0.15, 0.2) is 30.3 Å². The Kier molecular flexibility index (Phi) is 6.19. The van der Waals surface area contributed by atoms with Crippen molar-refractivity contribution in [3.63, 3.8) is 0 Å². The average Bonchev–Trinajstić information content (AvgIpc) is 2.51. The van der Waals surface area contributed by atoms with E-state index in [4.69, 9.17) is 21.1 Å². The molecule has 0 N–H and O–H groups in total. The molecule has 0 atom stereocenters. The first-order chi connectivity index (χ1) is 10.3. The van der Waals surface area contributed by atoms with Gasteiger partial charge in [-0.1, -0.05) is 37.1 Å². The summed E-state index contributed by atoms with van der Waals surface area (Å²) < 4.78 is 11.5. The number of halogens is 1. The van der Waals surface area contributed by atoms with E-state index >= 15 is 0 Å². The number of alkyl halides is 1. The first-order valence-corrected chi connectivity index (χ1v) is 8.06. The lowest BCUT2D eigenvalue weighted by atomic mass is 10.0. The van der Waals surface area contributed by atoms with Gasteiger partial charge in [-0.2, -0.15) is 0 Å². The van der Waals surface area contributed by atoms with Crippen molar-refractivity contribution in [3.05, 3.63) is 35.9 Å². The van der Waals surface area contributed by atoms with Crippen LogP contribution in [0, 0.1) is 6.92 Å². The Labute approximate surface area is 132 Å². The molecule has 3 heteroatoms. The molecular formula is C18H23ClO2. The Morgan fingerprint density at radius 1 is 1.00 bits per heavy atom. The summed E-state index contributed by atoms with van der Waals surface area (Å²) in [6, 6.07) is 10.3. The molecule has 0 aromatic heterocycles. The SMILES string of the molecule is COc1c(C)cc(OCCCCCCCl)c2ccccc12. The largest absolute Gasteiger partial charge is 0.496 e. The average molecular weight is 307 g/mol. The highest BCUT2D eigenvalue weighted by atomic mass is 35.5. The number of hydrogen-bond donors (Lipinski definition) is 0. The van der Waals surface area contributed by atoms with Crippen molar-refractivity contribution in [3.8, 4) is 11.5 Å². The fourth-order valence-corrected chi connectivity index (χ4v) is 2.76. The third-order valence-corrected chi connectivity index (χ3v) is 3.90. The molecule has 0 aliphatic carbocycles. The first-order valence-electron chi connectivity index (χ1n) is 7.53. The Morgan fingerprint density at radius 3 is 2.43 bits per heavy atom. The number of ether oxygens (including phenoxy) is 2. The molecule has 0 bridgehead atoms. The summed E-state index contributed by atoms with van der Waals surface area (Å²) >= 11 is 5.68. The molecule has 0 saturated carbocycles. The number of rotatable bonds is 8. The van der Waals surface area contributed by atoms with E-state index in [0.717, 1.165) is 53.2 Å². The van der Waals surface area contributed by atoms with Crippen LogP contribution < -0.4 is 9.47 Å². The van der Waals surface area contributed by atoms with E-state index in [2.05, 4.69) is 25.1 Å². The van der Waals surface area contributed by atoms with Crippen LogP contribution in [0.1, 0.15) is 31.2 Å². The van der Waals surface area contributed by atoms with Crippen molar-refractivity contribution in [2.75, 3.05) is 19.6 Å². The molecule has 0 unspecified atom stereocenters. The maximum absolute atomic E-state index is 5.99. The van der Waals surface area contributed by atoms with Gasteiger partial charge in [0, 0.05) is 16.7 Å². The van der Waals surface area contributed by atoms with Crippen molar-refractivity contribution in [1.29, 1.82) is 0 Å². The van der Waals surface area contributed by atoms with Gasteiger partial charge in [-0.25, -0.2) is 0 Å². The summed E-state index contributed by atoms with van der Waals surface area (Å²) in [4.78, 5) is 0. The monoisotopic (exact) mass is 306 g/mol. The lowest BCUT2D eigenvalue weighted by molar-refractivity contribution is 0.308. The van der Waals surface area contributed by atoms with Gasteiger partial charge in [0.1, 0.15) is 11.5 Å². The van der Waals surface area contributed by atoms with E-state index in [1.165, 1.54) is 12.8 Å². The second kappa shape index (κ2) is 8.14. The van der Waals surface area contributed by atoms with Crippen molar-refractivity contribution < 1.29 is 9.47 Å². The highest BCUT2D eigenvalue weighted by molar-refractivity contribution is 6.17. The molecule has 0 fully saturated rings. The Morgan fingerprint density at radius 2 is 1.71 bits per heavy atom. The predicted octanol–water partition coefficient (Wildman–Crippen LogP) is 5.33. The number of methoxy groups -OCH3 is 1. The molecule has 0 aliphatic rings. The van der Waals surface area contributed by atoms with Crippen LogP contribution in [-0.2, 0) is 0 Å². The minimum absolute atomic E-state index is 0.748. The van der Waals surface area contributed by atoms with Crippen molar-refractivity contribution >= 4 is 22.4 Å². The molecule has 2 nitrogen and oxygen atoms in total. The number of hydrogen-bond acceptors (Lipinski definition) is 2. The quantitative estimate of drug-likeness (QED) is 0.484. The first kappa shape index (κ1) is 16.0. The van der Waals surface area contributed by atoms with Gasteiger partial charge < -0.3 is 9.47 Å². The van der Waals surface area contributed by atoms with Gasteiger partial charge in [0.05, 0.1) is 13.7 Å². The Balaban J connectivity index is 2.09. The van der Waals surface area contributed by atoms with Gasteiger partial charge in [-0.05, 0) is 31.4 Å². The molecule has 0 spiro atoms. The molecule has 0 radical (unpaired) electrons. The zero-order chi connectivity index (χ0) is 15.1. The summed E-state index contributed by atoms with van der Waals surface area (Å²) in [5.41, 5.74) is 1.10. The lowest BCUT2D eigenvalue weighted by Gasteiger charge is -2.14. The summed E-state index contributed by atoms with van der Waals surface area (Å²) in [5, 5.41) is 2.22. The van der Waals surface area contributed by atoms with Gasteiger partial charge in [-0.3, -0.25) is 0 Å². The van der Waals surface area contributed by atoms with Gasteiger partial charge >= 0.3 is 0 Å². The standard InChI is InChI=1S/C18H23ClO2/c1-14-13-17(21-12-8-4-3-7-11-19)15-9-5-6-10-16(15)18(14)20-2/h5-6,9-10,13H,3-4,7-8,11-12H2,1-2H3. The molecular weight excluding hydrogens is 284 g/mol. The van der Waals surface area contributed by atoms with Gasteiger partial charge in [0.15, 0.2) is 0 Å². The second-order valence-corrected chi connectivity index (χ2v) is 5.60. The number of aryl methyl sites for hydroxylation is 1. The van der Waals surface area contributed by atoms with Crippen LogP contribution in [0.25, 0.3) is 10.8 Å². The fraction of sp³-hybridized carbons (Fsp3) is 0.444. The second-order valence-electron chi connectivity index (χ2n) is 5.22. The van der Waals surface area contributed by atoms with Crippen LogP contribution in [0.5, 0.6) is 11.5 Å². The van der Waals surface area contributed by atoms with Crippen molar-refractivity contribution in [1.82, 2.24) is 0 Å². The molecule has 2 aromatic carbocycles. The maximum Gasteiger partial charge on any atom is 0.129 e. The van der Waals surface area contributed by atoms with E-state index in [1.54, 1.807) is 7.11 Å². The highest BCUT2D eigenvalue weighted by Gasteiger charge is 2.10. The van der Waals surface area contributed by atoms with Crippen molar-refractivity contribution in [2.45, 2.75) is 32.6 Å². The van der Waals surface area contributed by atoms with Gasteiger partial charge in [0.25, 0.3) is 0 Å². The third-order valence-electron chi connectivity index (χ3n) is 3.63. The van der Waals surface area contributed by atoms with Crippen molar-refractivity contribution in [2.24, 2.45) is 0 Å². The van der Waals surface area contributed by atoms with Crippen LogP contribution in [-0.4, -0.2) is 19.6 Å². The normalized spacial score (nSPS) is 10.8. The predicted molar refractivity (Wildman–Crippen MR) is 89.9 cm³/mol. The van der Waals surface area contributed by atoms with Crippen LogP contribution in [0.3, 0.4) is 0 Å². The Bertz CT molecular complexity index is 581. The van der Waals surface area contributed by atoms with E-state index in [9.17, 15) is 0 Å². The molecule has 2 rings (SSSR count). The number of unbranched alkanes of at least 4 members (excludes halogenated alkanes) is 3. The third kappa shape index (κ3) is 4.04. The van der Waals surface area contributed by atoms with E-state index in [-0.39, 0.29) is 0 Å². The minimum atomic E-state index is 0.748. The molecule has 0 heterocycles. The molecule has 0 amide bonds. The molecule has 114 valence electrons. The summed E-state index contributed by atoms with van der Waals surface area (Å²) in [5.74, 6) is 2.63. The molecule has 0 aliphatic heterocycles. The van der Waals surface area contributed by atoms with Crippen LogP contribution in [0.2, 0.25) is 0 Å². The zero-order valence-corrected chi connectivity index (χ0v) is 13.6. The topological polar surface area (TPSA) is 18.5 Å². The maximum atomic E-state index is 5.99. The Hall–Kier alpha value is -1.41. The number of benzene rings is 2. The summed E-state index contributed by atoms with van der Waals surface area (Å²) in [6.45, 7) is 2.80. The molecule has 21 heavy (non-hydrogen) atoms. The highest BCUT2D eigenvalue weighted by Crippen LogP contribution is 2.36. The van der Waals surface area contributed by atoms with E-state index < -0.39 is 0 Å². The molecule has 0 saturated heterocycles.